The topological polar surface area (TPSA) is 84.2 Å². The summed E-state index contributed by atoms with van der Waals surface area (Å²) in [6.07, 6.45) is 1.50. The van der Waals surface area contributed by atoms with Crippen LogP contribution in [0.15, 0.2) is 35.7 Å². The molecule has 7 heteroatoms. The number of benzene rings is 1. The molecule has 0 fully saturated rings. The van der Waals surface area contributed by atoms with Gasteiger partial charge in [0.05, 0.1) is 5.75 Å². The highest BCUT2D eigenvalue weighted by Gasteiger charge is 2.09. The SMILES string of the molecule is C=CCNC(=O)NC(=O)CSc1ccc(F)cc1N. The van der Waals surface area contributed by atoms with Crippen LogP contribution in [0, 0.1) is 5.82 Å². The number of nitrogen functional groups attached to an aromatic ring is 1. The summed E-state index contributed by atoms with van der Waals surface area (Å²) in [5.41, 5.74) is 5.85. The Labute approximate surface area is 114 Å². The quantitative estimate of drug-likeness (QED) is 0.434. The molecule has 0 radical (unpaired) electrons. The van der Waals surface area contributed by atoms with E-state index >= 15 is 0 Å². The lowest BCUT2D eigenvalue weighted by molar-refractivity contribution is -0.117. The number of halogens is 1. The van der Waals surface area contributed by atoms with E-state index in [2.05, 4.69) is 17.2 Å². The van der Waals surface area contributed by atoms with Crippen molar-refractivity contribution < 1.29 is 14.0 Å². The predicted octanol–water partition coefficient (Wildman–Crippen LogP) is 1.51. The second-order valence-corrected chi connectivity index (χ2v) is 4.53. The molecule has 0 spiro atoms. The normalized spacial score (nSPS) is 9.74. The van der Waals surface area contributed by atoms with Crippen LogP contribution in [0.3, 0.4) is 0 Å². The molecule has 0 unspecified atom stereocenters. The largest absolute Gasteiger partial charge is 0.398 e. The Bertz CT molecular complexity index is 494. The number of carbonyl (C=O) groups is 2. The van der Waals surface area contributed by atoms with Gasteiger partial charge in [-0.1, -0.05) is 6.08 Å². The minimum absolute atomic E-state index is 0.0113. The first-order chi connectivity index (χ1) is 9.02. The summed E-state index contributed by atoms with van der Waals surface area (Å²) in [5, 5.41) is 4.55. The molecule has 0 aromatic heterocycles. The summed E-state index contributed by atoms with van der Waals surface area (Å²) in [4.78, 5) is 23.2. The fourth-order valence-corrected chi connectivity index (χ4v) is 1.91. The van der Waals surface area contributed by atoms with Crippen LogP contribution in [-0.2, 0) is 4.79 Å². The van der Waals surface area contributed by atoms with E-state index in [4.69, 9.17) is 5.73 Å². The lowest BCUT2D eigenvalue weighted by Crippen LogP contribution is -2.40. The molecule has 4 N–H and O–H groups in total. The molecule has 1 rings (SSSR count). The first-order valence-electron chi connectivity index (χ1n) is 5.39. The van der Waals surface area contributed by atoms with E-state index in [0.717, 1.165) is 11.8 Å². The number of nitrogens with two attached hydrogens (primary N) is 1. The monoisotopic (exact) mass is 283 g/mol. The zero-order valence-corrected chi connectivity index (χ0v) is 10.9. The molecule has 0 atom stereocenters. The van der Waals surface area contributed by atoms with Gasteiger partial charge in [-0.05, 0) is 18.2 Å². The molecule has 0 aliphatic carbocycles. The van der Waals surface area contributed by atoms with Gasteiger partial charge in [-0.15, -0.1) is 18.3 Å². The van der Waals surface area contributed by atoms with Crippen molar-refractivity contribution in [3.8, 4) is 0 Å². The maximum atomic E-state index is 12.8. The Hall–Kier alpha value is -2.02. The van der Waals surface area contributed by atoms with E-state index < -0.39 is 17.8 Å². The van der Waals surface area contributed by atoms with E-state index in [1.807, 2.05) is 0 Å². The molecule has 19 heavy (non-hydrogen) atoms. The van der Waals surface area contributed by atoms with Gasteiger partial charge in [-0.3, -0.25) is 10.1 Å². The number of amides is 3. The zero-order chi connectivity index (χ0) is 14.3. The number of thioether (sulfide) groups is 1. The van der Waals surface area contributed by atoms with Crippen molar-refractivity contribution in [3.63, 3.8) is 0 Å². The highest BCUT2D eigenvalue weighted by molar-refractivity contribution is 8.00. The second kappa shape index (κ2) is 7.42. The van der Waals surface area contributed by atoms with Gasteiger partial charge in [-0.2, -0.15) is 0 Å². The molecule has 3 amide bonds. The third-order valence-corrected chi connectivity index (χ3v) is 3.08. The van der Waals surface area contributed by atoms with Crippen LogP contribution in [0.1, 0.15) is 0 Å². The first kappa shape index (κ1) is 15.0. The van der Waals surface area contributed by atoms with Crippen molar-refractivity contribution in [2.45, 2.75) is 4.90 Å². The van der Waals surface area contributed by atoms with E-state index in [1.54, 1.807) is 0 Å². The lowest BCUT2D eigenvalue weighted by Gasteiger charge is -2.06. The molecular formula is C12H14FN3O2S. The van der Waals surface area contributed by atoms with E-state index in [0.29, 0.717) is 4.90 Å². The summed E-state index contributed by atoms with van der Waals surface area (Å²) >= 11 is 1.13. The van der Waals surface area contributed by atoms with Gasteiger partial charge in [0.15, 0.2) is 0 Å². The maximum Gasteiger partial charge on any atom is 0.321 e. The van der Waals surface area contributed by atoms with Crippen LogP contribution >= 0.6 is 11.8 Å². The summed E-state index contributed by atoms with van der Waals surface area (Å²) in [5.74, 6) is -0.887. The van der Waals surface area contributed by atoms with Gasteiger partial charge in [0, 0.05) is 17.1 Å². The third-order valence-electron chi connectivity index (χ3n) is 1.99. The molecule has 1 aromatic rings. The van der Waals surface area contributed by atoms with Crippen LogP contribution in [0.25, 0.3) is 0 Å². The third kappa shape index (κ3) is 5.43. The summed E-state index contributed by atoms with van der Waals surface area (Å²) in [7, 11) is 0. The van der Waals surface area contributed by atoms with Crippen molar-refractivity contribution in [1.82, 2.24) is 10.6 Å². The zero-order valence-electron chi connectivity index (χ0n) is 10.1. The van der Waals surface area contributed by atoms with Gasteiger partial charge < -0.3 is 11.1 Å². The number of anilines is 1. The molecule has 102 valence electrons. The van der Waals surface area contributed by atoms with E-state index in [1.165, 1.54) is 24.3 Å². The molecule has 0 heterocycles. The second-order valence-electron chi connectivity index (χ2n) is 3.52. The van der Waals surface area contributed by atoms with Crippen molar-refractivity contribution in [2.75, 3.05) is 18.0 Å². The van der Waals surface area contributed by atoms with Crippen molar-refractivity contribution in [2.24, 2.45) is 0 Å². The minimum Gasteiger partial charge on any atom is -0.398 e. The van der Waals surface area contributed by atoms with Gasteiger partial charge in [-0.25, -0.2) is 9.18 Å². The minimum atomic E-state index is -0.586. The summed E-state index contributed by atoms with van der Waals surface area (Å²) in [6, 6.07) is 3.34. The van der Waals surface area contributed by atoms with Crippen molar-refractivity contribution >= 4 is 29.4 Å². The Balaban J connectivity index is 2.41. The summed E-state index contributed by atoms with van der Waals surface area (Å²) < 4.78 is 12.8. The number of imide groups is 1. The summed E-state index contributed by atoms with van der Waals surface area (Å²) in [6.45, 7) is 3.70. The number of hydrogen-bond donors (Lipinski definition) is 3. The van der Waals surface area contributed by atoms with Crippen molar-refractivity contribution in [1.29, 1.82) is 0 Å². The van der Waals surface area contributed by atoms with E-state index in [-0.39, 0.29) is 18.0 Å². The molecule has 0 bridgehead atoms. The van der Waals surface area contributed by atoms with E-state index in [9.17, 15) is 14.0 Å². The molecule has 0 aliphatic rings. The van der Waals surface area contributed by atoms with Crippen LogP contribution in [0.5, 0.6) is 0 Å². The average Bonchev–Trinajstić information content (AvgIpc) is 2.35. The maximum absolute atomic E-state index is 12.8. The number of rotatable bonds is 5. The van der Waals surface area contributed by atoms with Crippen LogP contribution < -0.4 is 16.4 Å². The van der Waals surface area contributed by atoms with Gasteiger partial charge >= 0.3 is 6.03 Å². The Morgan fingerprint density at radius 3 is 2.84 bits per heavy atom. The highest BCUT2D eigenvalue weighted by atomic mass is 32.2. The number of nitrogens with one attached hydrogen (secondary N) is 2. The van der Waals surface area contributed by atoms with Crippen LogP contribution in [0.4, 0.5) is 14.9 Å². The fourth-order valence-electron chi connectivity index (χ4n) is 1.17. The number of urea groups is 1. The number of hydrogen-bond acceptors (Lipinski definition) is 4. The molecular weight excluding hydrogens is 269 g/mol. The van der Waals surface area contributed by atoms with Gasteiger partial charge in [0.25, 0.3) is 0 Å². The van der Waals surface area contributed by atoms with Gasteiger partial charge in [0.2, 0.25) is 5.91 Å². The highest BCUT2D eigenvalue weighted by Crippen LogP contribution is 2.25. The van der Waals surface area contributed by atoms with Gasteiger partial charge in [0.1, 0.15) is 5.82 Å². The molecule has 5 nitrogen and oxygen atoms in total. The molecule has 0 saturated heterocycles. The fraction of sp³-hybridized carbons (Fsp3) is 0.167. The Morgan fingerprint density at radius 1 is 1.47 bits per heavy atom. The Morgan fingerprint density at radius 2 is 2.21 bits per heavy atom. The smallest absolute Gasteiger partial charge is 0.321 e. The predicted molar refractivity (Wildman–Crippen MR) is 73.3 cm³/mol. The Kier molecular flexibility index (Phi) is 5.87. The van der Waals surface area contributed by atoms with Crippen molar-refractivity contribution in [3.05, 3.63) is 36.7 Å². The molecule has 0 saturated carbocycles. The van der Waals surface area contributed by atoms with Crippen LogP contribution in [0.2, 0.25) is 0 Å². The molecule has 1 aromatic carbocycles. The lowest BCUT2D eigenvalue weighted by atomic mass is 10.3. The molecule has 0 aliphatic heterocycles. The van der Waals surface area contributed by atoms with Crippen LogP contribution in [-0.4, -0.2) is 24.2 Å². The standard InChI is InChI=1S/C12H14FN3O2S/c1-2-5-15-12(18)16-11(17)7-19-10-4-3-8(13)6-9(10)14/h2-4,6H,1,5,7,14H2,(H2,15,16,17,18). The number of carbonyl (C=O) groups excluding carboxylic acids is 2. The first-order valence-corrected chi connectivity index (χ1v) is 6.38. The average molecular weight is 283 g/mol.